The number of carboxylic acids is 2. The first kappa shape index (κ1) is 26.4. The lowest BCUT2D eigenvalue weighted by Gasteiger charge is -2.22. The van der Waals surface area contributed by atoms with E-state index in [-0.39, 0.29) is 11.1 Å². The van der Waals surface area contributed by atoms with Gasteiger partial charge in [-0.15, -0.1) is 0 Å². The van der Waals surface area contributed by atoms with Crippen LogP contribution in [0.1, 0.15) is 33.4 Å². The van der Waals surface area contributed by atoms with Gasteiger partial charge >= 0.3 is 11.9 Å². The number of carbonyl (C=O) groups is 2. The number of benzene rings is 2. The van der Waals surface area contributed by atoms with E-state index in [1.807, 2.05) is 83.8 Å². The van der Waals surface area contributed by atoms with Crippen molar-refractivity contribution in [2.24, 2.45) is 0 Å². The molecule has 9 nitrogen and oxygen atoms in total. The van der Waals surface area contributed by atoms with E-state index in [1.165, 1.54) is 18.2 Å². The van der Waals surface area contributed by atoms with E-state index in [0.29, 0.717) is 29.5 Å². The van der Waals surface area contributed by atoms with Crippen molar-refractivity contribution in [2.75, 3.05) is 11.4 Å². The van der Waals surface area contributed by atoms with Gasteiger partial charge < -0.3 is 25.3 Å². The Labute approximate surface area is 241 Å². The van der Waals surface area contributed by atoms with Crippen LogP contribution in [-0.4, -0.2) is 33.7 Å². The molecular formula is C33H26N4O5. The quantitative estimate of drug-likeness (QED) is 0.205. The minimum absolute atomic E-state index is 0.0439. The monoisotopic (exact) mass is 558 g/mol. The van der Waals surface area contributed by atoms with E-state index in [0.717, 1.165) is 22.5 Å². The highest BCUT2D eigenvalue weighted by Gasteiger charge is 2.22. The Morgan fingerprint density at radius 2 is 1.64 bits per heavy atom. The molecule has 4 heterocycles. The molecule has 1 unspecified atom stereocenters. The van der Waals surface area contributed by atoms with Gasteiger partial charge in [0.15, 0.2) is 0 Å². The Bertz CT molecular complexity index is 1730. The summed E-state index contributed by atoms with van der Waals surface area (Å²) in [5.74, 6) is -1.53. The second-order valence-electron chi connectivity index (χ2n) is 9.65. The highest BCUT2D eigenvalue weighted by atomic mass is 16.4. The van der Waals surface area contributed by atoms with Crippen molar-refractivity contribution in [1.29, 1.82) is 0 Å². The first-order valence-electron chi connectivity index (χ1n) is 13.2. The maximum Gasteiger partial charge on any atom is 0.335 e. The zero-order valence-electron chi connectivity index (χ0n) is 22.3. The van der Waals surface area contributed by atoms with Crippen LogP contribution in [0.3, 0.4) is 0 Å². The van der Waals surface area contributed by atoms with Gasteiger partial charge in [0, 0.05) is 29.5 Å². The lowest BCUT2D eigenvalue weighted by atomic mass is 9.99. The number of nitrogens with zero attached hydrogens (tertiary/aromatic N) is 2. The van der Waals surface area contributed by atoms with E-state index in [9.17, 15) is 19.8 Å². The Morgan fingerprint density at radius 3 is 2.31 bits per heavy atom. The number of nitrogens with one attached hydrogen (secondary N) is 2. The smallest absolute Gasteiger partial charge is 0.335 e. The first-order chi connectivity index (χ1) is 20.5. The third-order valence-corrected chi connectivity index (χ3v) is 6.90. The van der Waals surface area contributed by atoms with E-state index in [1.54, 1.807) is 18.5 Å². The molecule has 0 spiro atoms. The van der Waals surface area contributed by atoms with Crippen molar-refractivity contribution >= 4 is 40.5 Å². The number of pyridine rings is 1. The fourth-order valence-corrected chi connectivity index (χ4v) is 4.86. The molecule has 0 saturated heterocycles. The minimum atomic E-state index is -1.11. The standard InChI is InChI=1S/C33H26N4O5/c38-32(39)22-12-14-35-28(16-22)30-18-23(33(40)41)17-29(36-30)27-15-21(11-13-34-27)24-19-31(42-20-24)37(25-7-3-1-4-8-25)26-9-5-2-6-10-26/h1-13,15-20,27,34-35H,14H2,(H,38,39)(H,40,41). The molecule has 1 atom stereocenters. The topological polar surface area (TPSA) is 128 Å². The molecule has 9 heteroatoms. The van der Waals surface area contributed by atoms with Crippen LogP contribution in [0.25, 0.3) is 11.3 Å². The summed E-state index contributed by atoms with van der Waals surface area (Å²) in [7, 11) is 0. The zero-order valence-corrected chi connectivity index (χ0v) is 22.3. The molecule has 0 amide bonds. The number of furan rings is 1. The molecule has 2 aromatic heterocycles. The Morgan fingerprint density at radius 1 is 0.929 bits per heavy atom. The summed E-state index contributed by atoms with van der Waals surface area (Å²) >= 11 is 0. The number of aromatic nitrogens is 1. The van der Waals surface area contributed by atoms with Crippen molar-refractivity contribution in [3.63, 3.8) is 0 Å². The normalized spacial score (nSPS) is 15.9. The molecule has 0 radical (unpaired) electrons. The summed E-state index contributed by atoms with van der Waals surface area (Å²) in [6, 6.07) is 24.3. The van der Waals surface area contributed by atoms with Gasteiger partial charge in [-0.1, -0.05) is 42.5 Å². The maximum absolute atomic E-state index is 12.0. The van der Waals surface area contributed by atoms with Crippen LogP contribution in [0.2, 0.25) is 0 Å². The number of dihydropyridines is 2. The highest BCUT2D eigenvalue weighted by Crippen LogP contribution is 2.37. The van der Waals surface area contributed by atoms with E-state index in [2.05, 4.69) is 10.6 Å². The van der Waals surface area contributed by atoms with Crippen LogP contribution in [0, 0.1) is 0 Å². The van der Waals surface area contributed by atoms with E-state index < -0.39 is 18.0 Å². The predicted molar refractivity (Wildman–Crippen MR) is 159 cm³/mol. The van der Waals surface area contributed by atoms with Gasteiger partial charge in [0.1, 0.15) is 6.26 Å². The van der Waals surface area contributed by atoms with Crippen molar-refractivity contribution < 1.29 is 24.2 Å². The Hall–Kier alpha value is -5.83. The second kappa shape index (κ2) is 11.3. The van der Waals surface area contributed by atoms with Crippen LogP contribution in [0.5, 0.6) is 0 Å². The molecular weight excluding hydrogens is 532 g/mol. The molecule has 2 aliphatic rings. The largest absolute Gasteiger partial charge is 0.478 e. The maximum atomic E-state index is 12.0. The number of rotatable bonds is 8. The summed E-state index contributed by atoms with van der Waals surface area (Å²) in [6.45, 7) is 0.294. The van der Waals surface area contributed by atoms with Gasteiger partial charge in [0.05, 0.1) is 34.3 Å². The number of anilines is 3. The van der Waals surface area contributed by atoms with Gasteiger partial charge in [-0.3, -0.25) is 4.90 Å². The summed E-state index contributed by atoms with van der Waals surface area (Å²) in [6.07, 6.45) is 10.3. The van der Waals surface area contributed by atoms with Gasteiger partial charge in [0.2, 0.25) is 5.88 Å². The van der Waals surface area contributed by atoms with Gasteiger partial charge in [-0.2, -0.15) is 0 Å². The van der Waals surface area contributed by atoms with Crippen molar-refractivity contribution in [3.8, 4) is 0 Å². The minimum Gasteiger partial charge on any atom is -0.478 e. The fraction of sp³-hybridized carbons (Fsp3) is 0.0606. The molecule has 4 aromatic rings. The van der Waals surface area contributed by atoms with Crippen molar-refractivity contribution in [3.05, 3.63) is 144 Å². The zero-order chi connectivity index (χ0) is 29.1. The Balaban J connectivity index is 1.35. The van der Waals surface area contributed by atoms with Crippen LogP contribution in [0.4, 0.5) is 17.3 Å². The first-order valence-corrected chi connectivity index (χ1v) is 13.2. The van der Waals surface area contributed by atoms with Gasteiger partial charge in [-0.05, 0) is 66.4 Å². The lowest BCUT2D eigenvalue weighted by molar-refractivity contribution is -0.132. The number of aliphatic carboxylic acids is 1. The predicted octanol–water partition coefficient (Wildman–Crippen LogP) is 6.04. The molecule has 42 heavy (non-hydrogen) atoms. The van der Waals surface area contributed by atoms with E-state index in [4.69, 9.17) is 9.40 Å². The highest BCUT2D eigenvalue weighted by molar-refractivity contribution is 5.94. The molecule has 208 valence electrons. The number of carboxylic acid groups (broad SMARTS) is 2. The fourth-order valence-electron chi connectivity index (χ4n) is 4.86. The molecule has 2 aromatic carbocycles. The van der Waals surface area contributed by atoms with Gasteiger partial charge in [-0.25, -0.2) is 14.6 Å². The Kier molecular flexibility index (Phi) is 7.13. The van der Waals surface area contributed by atoms with Crippen LogP contribution >= 0.6 is 0 Å². The summed E-state index contributed by atoms with van der Waals surface area (Å²) in [5, 5.41) is 25.6. The van der Waals surface area contributed by atoms with Crippen LogP contribution in [0.15, 0.2) is 126 Å². The number of hydrogen-bond donors (Lipinski definition) is 4. The van der Waals surface area contributed by atoms with Gasteiger partial charge in [0.25, 0.3) is 0 Å². The average molecular weight is 559 g/mol. The van der Waals surface area contributed by atoms with E-state index >= 15 is 0 Å². The number of aromatic carboxylic acids is 1. The SMILES string of the molecule is O=C(O)C1=CCNC(c2cc(C(=O)O)cc(C3C=C(c4coc(N(c5ccccc5)c5ccccc5)c4)C=CN3)n2)=C1. The van der Waals surface area contributed by atoms with Crippen LogP contribution < -0.4 is 15.5 Å². The number of para-hydroxylation sites is 2. The average Bonchev–Trinajstić information content (AvgIpc) is 3.52. The molecule has 2 aliphatic heterocycles. The molecule has 0 saturated carbocycles. The summed E-state index contributed by atoms with van der Waals surface area (Å²) in [4.78, 5) is 30.2. The molecule has 0 aliphatic carbocycles. The molecule has 0 fully saturated rings. The summed E-state index contributed by atoms with van der Waals surface area (Å²) < 4.78 is 6.08. The van der Waals surface area contributed by atoms with Crippen LogP contribution in [-0.2, 0) is 4.79 Å². The third-order valence-electron chi connectivity index (χ3n) is 6.90. The molecule has 6 rings (SSSR count). The summed E-state index contributed by atoms with van der Waals surface area (Å²) in [5.41, 5.74) is 5.02. The number of hydrogen-bond acceptors (Lipinski definition) is 7. The molecule has 4 N–H and O–H groups in total. The third kappa shape index (κ3) is 5.44. The lowest BCUT2D eigenvalue weighted by Crippen LogP contribution is -2.22. The van der Waals surface area contributed by atoms with Crippen molar-refractivity contribution in [2.45, 2.75) is 6.04 Å². The second-order valence-corrected chi connectivity index (χ2v) is 9.65. The molecule has 0 bridgehead atoms. The number of allylic oxidation sites excluding steroid dienone is 2. The van der Waals surface area contributed by atoms with Crippen molar-refractivity contribution in [1.82, 2.24) is 15.6 Å².